The minimum atomic E-state index is -3.73. The third-order valence-corrected chi connectivity index (χ3v) is 6.89. The van der Waals surface area contributed by atoms with E-state index in [1.54, 1.807) is 22.4 Å². The predicted molar refractivity (Wildman–Crippen MR) is 120 cm³/mol. The van der Waals surface area contributed by atoms with Crippen LogP contribution in [-0.4, -0.2) is 45.0 Å². The molecule has 1 aliphatic rings. The fraction of sp³-hybridized carbons (Fsp3) is 0.450. The maximum atomic E-state index is 12.6. The number of likely N-dealkylation sites (tertiary alicyclic amines) is 1. The number of anilines is 2. The lowest BCUT2D eigenvalue weighted by molar-refractivity contribution is -0.121. The number of amides is 3. The average molecular weight is 466 g/mol. The molecule has 1 atom stereocenters. The van der Waals surface area contributed by atoms with Gasteiger partial charge in [0.2, 0.25) is 11.0 Å². The minimum Gasteiger partial charge on any atom is -0.588 e. The van der Waals surface area contributed by atoms with Crippen LogP contribution in [0.3, 0.4) is 0 Å². The van der Waals surface area contributed by atoms with Crippen LogP contribution in [0.1, 0.15) is 33.6 Å². The number of carbonyl (C=O) groups is 2. The summed E-state index contributed by atoms with van der Waals surface area (Å²) in [6, 6.07) is 5.87. The standard InChI is InChI=1S/C20H27N5O4S2/c1-20(2,3)23-19(27)25-11-8-14(9-12-25)17(26)22-15-4-6-16(7-5-15)31(28,29)24-18-21-10-13-30-18/h4-7,10,13-14H,8-9,11-12H2,1-3H3,(H3-,21,22,23,24,26,27,28,29). The average Bonchev–Trinajstić information content (AvgIpc) is 3.19. The van der Waals surface area contributed by atoms with E-state index in [4.69, 9.17) is 0 Å². The highest BCUT2D eigenvalue weighted by atomic mass is 32.3. The van der Waals surface area contributed by atoms with Crippen molar-refractivity contribution in [3.05, 3.63) is 35.8 Å². The molecule has 1 aromatic heterocycles. The highest BCUT2D eigenvalue weighted by Gasteiger charge is 2.29. The van der Waals surface area contributed by atoms with Crippen molar-refractivity contribution in [3.8, 4) is 0 Å². The summed E-state index contributed by atoms with van der Waals surface area (Å²) in [6.45, 7) is 6.81. The Kier molecular flexibility index (Phi) is 6.97. The van der Waals surface area contributed by atoms with Crippen LogP contribution >= 0.6 is 11.3 Å². The van der Waals surface area contributed by atoms with Crippen LogP contribution in [-0.2, 0) is 19.4 Å². The molecule has 2 aromatic rings. The fourth-order valence-electron chi connectivity index (χ4n) is 3.15. The Morgan fingerprint density at radius 2 is 1.84 bits per heavy atom. The second-order valence-corrected chi connectivity index (χ2v) is 11.0. The van der Waals surface area contributed by atoms with Gasteiger partial charge in [-0.3, -0.25) is 4.79 Å². The molecule has 3 N–H and O–H groups in total. The second kappa shape index (κ2) is 9.33. The number of piperidine rings is 1. The summed E-state index contributed by atoms with van der Waals surface area (Å²) in [7, 11) is -3.73. The van der Waals surface area contributed by atoms with E-state index in [-0.39, 0.29) is 28.3 Å². The first-order valence-corrected chi connectivity index (χ1v) is 12.3. The molecule has 11 heteroatoms. The number of nitrogens with one attached hydrogen (secondary N) is 3. The molecular weight excluding hydrogens is 438 g/mol. The lowest BCUT2D eigenvalue weighted by Crippen LogP contribution is -2.51. The van der Waals surface area contributed by atoms with Crippen LogP contribution in [0.25, 0.3) is 0 Å². The van der Waals surface area contributed by atoms with Gasteiger partial charge in [0, 0.05) is 41.8 Å². The molecule has 31 heavy (non-hydrogen) atoms. The summed E-state index contributed by atoms with van der Waals surface area (Å²) < 4.78 is 27.2. The lowest BCUT2D eigenvalue weighted by atomic mass is 9.96. The first-order chi connectivity index (χ1) is 14.5. The molecule has 0 bridgehead atoms. The van der Waals surface area contributed by atoms with Gasteiger partial charge in [0.25, 0.3) is 0 Å². The summed E-state index contributed by atoms with van der Waals surface area (Å²) in [5.74, 6) is -0.332. The molecular formula is C20H27N5O4S2. The van der Waals surface area contributed by atoms with Crippen molar-refractivity contribution in [3.63, 3.8) is 0 Å². The van der Waals surface area contributed by atoms with Gasteiger partial charge in [0.05, 0.1) is 0 Å². The first-order valence-electron chi connectivity index (χ1n) is 9.94. The fourth-order valence-corrected chi connectivity index (χ4v) is 4.94. The molecule has 3 amide bonds. The SMILES string of the molecule is CC(C)(C)NC(=O)N1CCC(C(=O)Nc2ccc([S+](=O)([O-])Nc3nccs3)cc2)CC1. The van der Waals surface area contributed by atoms with Gasteiger partial charge >= 0.3 is 6.03 Å². The summed E-state index contributed by atoms with van der Waals surface area (Å²) in [6.07, 6.45) is 2.67. The number of nitrogens with zero attached hydrogens (tertiary/aromatic N) is 2. The molecule has 1 saturated heterocycles. The van der Waals surface area contributed by atoms with Crippen molar-refractivity contribution < 1.29 is 18.4 Å². The normalized spacial score (nSPS) is 17.0. The molecule has 1 aliphatic heterocycles. The Bertz CT molecular complexity index is 949. The maximum Gasteiger partial charge on any atom is 0.317 e. The van der Waals surface area contributed by atoms with E-state index in [0.29, 0.717) is 36.8 Å². The molecule has 1 fully saturated rings. The van der Waals surface area contributed by atoms with E-state index in [9.17, 15) is 18.4 Å². The van der Waals surface area contributed by atoms with Gasteiger partial charge in [-0.15, -0.1) is 11.3 Å². The van der Waals surface area contributed by atoms with E-state index in [1.165, 1.54) is 29.7 Å². The van der Waals surface area contributed by atoms with Gasteiger partial charge < -0.3 is 20.1 Å². The van der Waals surface area contributed by atoms with Gasteiger partial charge in [-0.1, -0.05) is 4.21 Å². The Labute approximate surface area is 187 Å². The van der Waals surface area contributed by atoms with Gasteiger partial charge in [-0.25, -0.2) is 9.78 Å². The summed E-state index contributed by atoms with van der Waals surface area (Å²) >= 11 is 1.19. The predicted octanol–water partition coefficient (Wildman–Crippen LogP) is 3.32. The summed E-state index contributed by atoms with van der Waals surface area (Å²) in [5.41, 5.74) is 0.215. The first kappa shape index (κ1) is 23.2. The largest absolute Gasteiger partial charge is 0.588 e. The Balaban J connectivity index is 1.52. The number of aromatic nitrogens is 1. The molecule has 2 heterocycles. The van der Waals surface area contributed by atoms with Gasteiger partial charge in [0.1, 0.15) is 0 Å². The van der Waals surface area contributed by atoms with Crippen molar-refractivity contribution in [2.75, 3.05) is 23.1 Å². The third-order valence-electron chi connectivity index (χ3n) is 4.72. The van der Waals surface area contributed by atoms with Crippen molar-refractivity contribution in [2.45, 2.75) is 44.0 Å². The van der Waals surface area contributed by atoms with Crippen molar-refractivity contribution in [1.29, 1.82) is 0 Å². The Morgan fingerprint density at radius 1 is 1.19 bits per heavy atom. The van der Waals surface area contributed by atoms with E-state index in [0.717, 1.165) is 0 Å². The van der Waals surface area contributed by atoms with Gasteiger partial charge in [-0.05, 0) is 57.9 Å². The number of hydrogen-bond donors (Lipinski definition) is 3. The second-order valence-electron chi connectivity index (χ2n) is 8.40. The molecule has 0 aliphatic carbocycles. The van der Waals surface area contributed by atoms with Gasteiger partial charge in [0.15, 0.2) is 15.3 Å². The number of carbonyl (C=O) groups excluding carboxylic acids is 2. The highest BCUT2D eigenvalue weighted by molar-refractivity contribution is 7.99. The quantitative estimate of drug-likeness (QED) is 0.584. The zero-order valence-corrected chi connectivity index (χ0v) is 19.3. The van der Waals surface area contributed by atoms with Crippen molar-refractivity contribution in [2.24, 2.45) is 5.92 Å². The molecule has 1 aromatic carbocycles. The highest BCUT2D eigenvalue weighted by Crippen LogP contribution is 2.24. The van der Waals surface area contributed by atoms with Gasteiger partial charge in [-0.2, -0.15) is 4.72 Å². The molecule has 3 rings (SSSR count). The maximum absolute atomic E-state index is 12.6. The number of urea groups is 1. The zero-order chi connectivity index (χ0) is 22.6. The minimum absolute atomic E-state index is 0.0823. The molecule has 9 nitrogen and oxygen atoms in total. The topological polar surface area (TPSA) is 126 Å². The Morgan fingerprint density at radius 3 is 2.39 bits per heavy atom. The summed E-state index contributed by atoms with van der Waals surface area (Å²) in [4.78, 5) is 30.6. The molecule has 1 unspecified atom stereocenters. The molecule has 0 spiro atoms. The molecule has 0 radical (unpaired) electrons. The third kappa shape index (κ3) is 6.49. The molecule has 0 saturated carbocycles. The van der Waals surface area contributed by atoms with E-state index in [2.05, 4.69) is 20.3 Å². The Hall–Kier alpha value is -2.50. The number of benzene rings is 1. The van der Waals surface area contributed by atoms with Crippen LogP contribution in [0, 0.1) is 5.92 Å². The van der Waals surface area contributed by atoms with Crippen molar-refractivity contribution in [1.82, 2.24) is 15.2 Å². The summed E-state index contributed by atoms with van der Waals surface area (Å²) in [5, 5.41) is 7.74. The van der Waals surface area contributed by atoms with Crippen LogP contribution in [0.5, 0.6) is 0 Å². The lowest BCUT2D eigenvalue weighted by Gasteiger charge is -2.33. The number of hydrogen-bond acceptors (Lipinski definition) is 6. The van der Waals surface area contributed by atoms with Crippen molar-refractivity contribution >= 4 is 44.5 Å². The number of rotatable bonds is 5. The van der Waals surface area contributed by atoms with Crippen LogP contribution in [0.15, 0.2) is 40.7 Å². The van der Waals surface area contributed by atoms with Crippen LogP contribution < -0.4 is 15.4 Å². The van der Waals surface area contributed by atoms with E-state index in [1.807, 2.05) is 20.8 Å². The van der Waals surface area contributed by atoms with E-state index < -0.39 is 10.4 Å². The van der Waals surface area contributed by atoms with Crippen LogP contribution in [0.2, 0.25) is 0 Å². The number of sulfonamides is 1. The van der Waals surface area contributed by atoms with Crippen LogP contribution in [0.4, 0.5) is 15.6 Å². The zero-order valence-electron chi connectivity index (χ0n) is 17.7. The smallest absolute Gasteiger partial charge is 0.317 e. The monoisotopic (exact) mass is 465 g/mol. The van der Waals surface area contributed by atoms with E-state index >= 15 is 0 Å². The molecule has 168 valence electrons. The number of thiazole rings is 1.